The van der Waals surface area contributed by atoms with Crippen molar-refractivity contribution in [1.82, 2.24) is 9.21 Å². The van der Waals surface area contributed by atoms with E-state index in [1.165, 1.54) is 28.6 Å². The summed E-state index contributed by atoms with van der Waals surface area (Å²) in [7, 11) is -3.79. The van der Waals surface area contributed by atoms with E-state index in [0.717, 1.165) is 0 Å². The number of amides is 1. The predicted molar refractivity (Wildman–Crippen MR) is 97.4 cm³/mol. The highest BCUT2D eigenvalue weighted by atomic mass is 32.2. The molecule has 0 radical (unpaired) electrons. The lowest BCUT2D eigenvalue weighted by atomic mass is 9.92. The van der Waals surface area contributed by atoms with Gasteiger partial charge in [-0.05, 0) is 50.5 Å². The van der Waals surface area contributed by atoms with Crippen LogP contribution < -0.4 is 0 Å². The van der Waals surface area contributed by atoms with E-state index in [9.17, 15) is 23.1 Å². The van der Waals surface area contributed by atoms with Gasteiger partial charge in [0, 0.05) is 31.7 Å². The highest BCUT2D eigenvalue weighted by Crippen LogP contribution is 2.27. The second-order valence-electron chi connectivity index (χ2n) is 6.70. The Morgan fingerprint density at radius 2 is 1.73 bits per heavy atom. The number of nitrogens with zero attached hydrogens (tertiary/aromatic N) is 2. The maximum absolute atomic E-state index is 12.9. The van der Waals surface area contributed by atoms with Crippen LogP contribution in [0.1, 0.15) is 37.6 Å². The van der Waals surface area contributed by atoms with E-state index < -0.39 is 21.9 Å². The zero-order valence-electron chi connectivity index (χ0n) is 15.4. The third kappa shape index (κ3) is 4.24. The molecule has 144 valence electrons. The van der Waals surface area contributed by atoms with Crippen molar-refractivity contribution in [2.24, 2.45) is 11.8 Å². The van der Waals surface area contributed by atoms with Gasteiger partial charge in [-0.25, -0.2) is 8.42 Å². The van der Waals surface area contributed by atoms with Gasteiger partial charge in [0.1, 0.15) is 0 Å². The van der Waals surface area contributed by atoms with Crippen LogP contribution >= 0.6 is 0 Å². The molecule has 0 aliphatic carbocycles. The highest BCUT2D eigenvalue weighted by molar-refractivity contribution is 7.89. The van der Waals surface area contributed by atoms with Crippen molar-refractivity contribution in [2.45, 2.75) is 32.1 Å². The molecule has 1 amide bonds. The Kier molecular flexibility index (Phi) is 6.41. The molecule has 1 saturated heterocycles. The van der Waals surface area contributed by atoms with Gasteiger partial charge in [0.15, 0.2) is 0 Å². The van der Waals surface area contributed by atoms with Crippen LogP contribution in [-0.4, -0.2) is 60.8 Å². The predicted octanol–water partition coefficient (Wildman–Crippen LogP) is 1.90. The average Bonchev–Trinajstić information content (AvgIpc) is 2.62. The maximum atomic E-state index is 12.9. The number of piperidine rings is 1. The number of carbonyl (C=O) groups excluding carboxylic acids is 1. The fraction of sp³-hybridized carbons (Fsp3) is 0.556. The van der Waals surface area contributed by atoms with Crippen LogP contribution in [0.15, 0.2) is 29.2 Å². The zero-order chi connectivity index (χ0) is 19.5. The Morgan fingerprint density at radius 1 is 1.15 bits per heavy atom. The Labute approximate surface area is 154 Å². The van der Waals surface area contributed by atoms with Crippen molar-refractivity contribution < 1.29 is 23.1 Å². The van der Waals surface area contributed by atoms with Crippen LogP contribution in [0.3, 0.4) is 0 Å². The third-order valence-corrected chi connectivity index (χ3v) is 6.61. The largest absolute Gasteiger partial charge is 0.481 e. The molecule has 1 aliphatic heterocycles. The lowest BCUT2D eigenvalue weighted by Crippen LogP contribution is -2.45. The highest BCUT2D eigenvalue weighted by Gasteiger charge is 2.36. The standard InChI is InChI=1S/C18H26N2O5S/c1-4-19(5-2)17(21)14-6-8-16(9-7-14)26(24,25)20-11-13(3)10-15(12-20)18(22)23/h6-9,13,15H,4-5,10-12H2,1-3H3,(H,22,23). The number of carboxylic acids is 1. The van der Waals surface area contributed by atoms with Crippen molar-refractivity contribution >= 4 is 21.9 Å². The molecule has 1 aliphatic rings. The van der Waals surface area contributed by atoms with Crippen molar-refractivity contribution in [3.8, 4) is 0 Å². The SMILES string of the molecule is CCN(CC)C(=O)c1ccc(S(=O)(=O)N2CC(C)CC(C(=O)O)C2)cc1. The molecular weight excluding hydrogens is 356 g/mol. The molecule has 8 heteroatoms. The molecule has 2 atom stereocenters. The fourth-order valence-electron chi connectivity index (χ4n) is 3.29. The van der Waals surface area contributed by atoms with Crippen molar-refractivity contribution in [3.05, 3.63) is 29.8 Å². The quantitative estimate of drug-likeness (QED) is 0.811. The van der Waals surface area contributed by atoms with Gasteiger partial charge in [-0.1, -0.05) is 6.92 Å². The Bertz CT molecular complexity index is 756. The van der Waals surface area contributed by atoms with Crippen LogP contribution in [-0.2, 0) is 14.8 Å². The van der Waals surface area contributed by atoms with E-state index in [1.54, 1.807) is 4.90 Å². The molecule has 1 heterocycles. The number of rotatable bonds is 6. The molecule has 1 N–H and O–H groups in total. The number of carbonyl (C=O) groups is 2. The second-order valence-corrected chi connectivity index (χ2v) is 8.64. The van der Waals surface area contributed by atoms with Crippen molar-refractivity contribution in [1.29, 1.82) is 0 Å². The van der Waals surface area contributed by atoms with Crippen LogP contribution in [0.25, 0.3) is 0 Å². The molecule has 26 heavy (non-hydrogen) atoms. The summed E-state index contributed by atoms with van der Waals surface area (Å²) in [6, 6.07) is 5.85. The number of aliphatic carboxylic acids is 1. The van der Waals surface area contributed by atoms with Crippen molar-refractivity contribution in [2.75, 3.05) is 26.2 Å². The Hall–Kier alpha value is -1.93. The molecule has 7 nitrogen and oxygen atoms in total. The summed E-state index contributed by atoms with van der Waals surface area (Å²) in [6.45, 7) is 7.06. The van der Waals surface area contributed by atoms with E-state index in [1.807, 2.05) is 20.8 Å². The third-order valence-electron chi connectivity index (χ3n) is 4.77. The summed E-state index contributed by atoms with van der Waals surface area (Å²) in [5.74, 6) is -1.84. The Balaban J connectivity index is 2.24. The molecule has 2 rings (SSSR count). The van der Waals surface area contributed by atoms with E-state index >= 15 is 0 Å². The lowest BCUT2D eigenvalue weighted by Gasteiger charge is -2.33. The van der Waals surface area contributed by atoms with E-state index in [0.29, 0.717) is 31.6 Å². The van der Waals surface area contributed by atoms with Gasteiger partial charge < -0.3 is 10.0 Å². The summed E-state index contributed by atoms with van der Waals surface area (Å²) >= 11 is 0. The average molecular weight is 382 g/mol. The molecule has 2 unspecified atom stereocenters. The summed E-state index contributed by atoms with van der Waals surface area (Å²) in [5, 5.41) is 9.24. The second kappa shape index (κ2) is 8.18. The molecule has 0 bridgehead atoms. The smallest absolute Gasteiger partial charge is 0.307 e. The van der Waals surface area contributed by atoms with Gasteiger partial charge in [0.25, 0.3) is 5.91 Å². The number of hydrogen-bond donors (Lipinski definition) is 1. The van der Waals surface area contributed by atoms with E-state index in [4.69, 9.17) is 0 Å². The molecule has 1 fully saturated rings. The topological polar surface area (TPSA) is 95.0 Å². The fourth-order valence-corrected chi connectivity index (χ4v) is 4.89. The van der Waals surface area contributed by atoms with Crippen LogP contribution in [0, 0.1) is 11.8 Å². The minimum Gasteiger partial charge on any atom is -0.481 e. The first-order valence-corrected chi connectivity index (χ1v) is 10.3. The van der Waals surface area contributed by atoms with Gasteiger partial charge >= 0.3 is 5.97 Å². The van der Waals surface area contributed by atoms with E-state index in [-0.39, 0.29) is 23.3 Å². The van der Waals surface area contributed by atoms with Crippen LogP contribution in [0.4, 0.5) is 0 Å². The van der Waals surface area contributed by atoms with Gasteiger partial charge in [0.05, 0.1) is 10.8 Å². The van der Waals surface area contributed by atoms with Gasteiger partial charge in [-0.3, -0.25) is 9.59 Å². The minimum atomic E-state index is -3.79. The molecule has 1 aromatic carbocycles. The summed E-state index contributed by atoms with van der Waals surface area (Å²) in [5.41, 5.74) is 0.433. The number of carboxylic acid groups (broad SMARTS) is 1. The maximum Gasteiger partial charge on any atom is 0.307 e. The number of hydrogen-bond acceptors (Lipinski definition) is 4. The molecule has 0 spiro atoms. The van der Waals surface area contributed by atoms with Gasteiger partial charge in [0.2, 0.25) is 10.0 Å². The molecule has 1 aromatic rings. The zero-order valence-corrected chi connectivity index (χ0v) is 16.2. The van der Waals surface area contributed by atoms with Gasteiger partial charge in [-0.15, -0.1) is 0 Å². The molecule has 0 saturated carbocycles. The van der Waals surface area contributed by atoms with Crippen LogP contribution in [0.2, 0.25) is 0 Å². The minimum absolute atomic E-state index is 0.0249. The van der Waals surface area contributed by atoms with Gasteiger partial charge in [-0.2, -0.15) is 4.31 Å². The summed E-state index contributed by atoms with van der Waals surface area (Å²) < 4.78 is 27.0. The van der Waals surface area contributed by atoms with Crippen molar-refractivity contribution in [3.63, 3.8) is 0 Å². The monoisotopic (exact) mass is 382 g/mol. The first kappa shape index (κ1) is 20.4. The summed E-state index contributed by atoms with van der Waals surface area (Å²) in [6.07, 6.45) is 0.471. The van der Waals surface area contributed by atoms with Crippen LogP contribution in [0.5, 0.6) is 0 Å². The lowest BCUT2D eigenvalue weighted by molar-refractivity contribution is -0.143. The first-order valence-electron chi connectivity index (χ1n) is 8.83. The normalized spacial score (nSPS) is 21.3. The number of benzene rings is 1. The Morgan fingerprint density at radius 3 is 2.23 bits per heavy atom. The number of sulfonamides is 1. The molecular formula is C18H26N2O5S. The summed E-state index contributed by atoms with van der Waals surface area (Å²) in [4.78, 5) is 25.4. The van der Waals surface area contributed by atoms with E-state index in [2.05, 4.69) is 0 Å². The molecule has 0 aromatic heterocycles. The first-order chi connectivity index (χ1) is 12.2.